The molecule has 11 heteroatoms. The summed E-state index contributed by atoms with van der Waals surface area (Å²) in [5.74, 6) is -1.29. The van der Waals surface area contributed by atoms with Crippen molar-refractivity contribution in [1.29, 1.82) is 5.26 Å². The number of aromatic nitrogens is 4. The van der Waals surface area contributed by atoms with E-state index in [9.17, 15) is 27.2 Å². The molecule has 0 unspecified atom stereocenters. The van der Waals surface area contributed by atoms with Gasteiger partial charge in [-0.3, -0.25) is 4.57 Å². The molecule has 0 atom stereocenters. The summed E-state index contributed by atoms with van der Waals surface area (Å²) in [6, 6.07) is 9.55. The highest BCUT2D eigenvalue weighted by atomic mass is 19.4. The highest BCUT2D eigenvalue weighted by molar-refractivity contribution is 5.78. The van der Waals surface area contributed by atoms with E-state index >= 15 is 0 Å². The first-order valence-corrected chi connectivity index (χ1v) is 9.84. The Labute approximate surface area is 183 Å². The molecule has 1 N–H and O–H groups in total. The minimum absolute atomic E-state index is 0.0272. The fourth-order valence-corrected chi connectivity index (χ4v) is 3.48. The van der Waals surface area contributed by atoms with Crippen LogP contribution in [0.25, 0.3) is 16.9 Å². The van der Waals surface area contributed by atoms with Gasteiger partial charge in [0.2, 0.25) is 5.95 Å². The molecular formula is C22H13F5N6. The quantitative estimate of drug-likeness (QED) is 0.404. The number of nitrogens with zero attached hydrogens (tertiary/aromatic N) is 5. The molecule has 33 heavy (non-hydrogen) atoms. The molecule has 5 rings (SSSR count). The van der Waals surface area contributed by atoms with Crippen molar-refractivity contribution in [3.63, 3.8) is 0 Å². The molecule has 1 aliphatic carbocycles. The number of benzene rings is 2. The molecule has 0 amide bonds. The van der Waals surface area contributed by atoms with Gasteiger partial charge in [0.15, 0.2) is 11.6 Å². The first-order valence-electron chi connectivity index (χ1n) is 9.84. The van der Waals surface area contributed by atoms with Crippen LogP contribution < -0.4 is 5.32 Å². The first kappa shape index (κ1) is 20.8. The Balaban J connectivity index is 1.60. The molecule has 166 valence electrons. The van der Waals surface area contributed by atoms with E-state index in [-0.39, 0.29) is 40.1 Å². The van der Waals surface area contributed by atoms with E-state index in [1.54, 1.807) is 4.57 Å². The molecule has 1 fully saturated rings. The zero-order chi connectivity index (χ0) is 23.3. The third-order valence-electron chi connectivity index (χ3n) is 5.19. The second kappa shape index (κ2) is 7.51. The van der Waals surface area contributed by atoms with Gasteiger partial charge >= 0.3 is 6.18 Å². The van der Waals surface area contributed by atoms with Gasteiger partial charge in [0.1, 0.15) is 23.4 Å². The molecule has 1 aliphatic rings. The van der Waals surface area contributed by atoms with E-state index in [1.165, 1.54) is 18.2 Å². The van der Waals surface area contributed by atoms with Crippen molar-refractivity contribution >= 4 is 22.7 Å². The van der Waals surface area contributed by atoms with Crippen LogP contribution in [-0.4, -0.2) is 19.5 Å². The van der Waals surface area contributed by atoms with Crippen molar-refractivity contribution < 1.29 is 22.0 Å². The summed E-state index contributed by atoms with van der Waals surface area (Å²) in [5, 5.41) is 12.2. The molecule has 2 aromatic heterocycles. The van der Waals surface area contributed by atoms with Crippen molar-refractivity contribution in [3.05, 3.63) is 71.2 Å². The number of fused-ring (bicyclic) bond motifs is 1. The number of rotatable bonds is 4. The first-order chi connectivity index (χ1) is 15.7. The van der Waals surface area contributed by atoms with E-state index in [4.69, 9.17) is 0 Å². The Morgan fingerprint density at radius 3 is 2.30 bits per heavy atom. The number of alkyl halides is 3. The summed E-state index contributed by atoms with van der Waals surface area (Å²) in [6.45, 7) is 0. The molecule has 0 aliphatic heterocycles. The van der Waals surface area contributed by atoms with Gasteiger partial charge in [0, 0.05) is 29.8 Å². The fourth-order valence-electron chi connectivity index (χ4n) is 3.48. The standard InChI is InChI=1S/C22H13F5N6/c23-15-8-17-18(9-16(15)24)33(20(31-17)11-1-2-11)19-7-14(10-28)30-21(32-19)29-13-5-3-12(4-6-13)22(25,26)27/h3-9,11H,1-2H2,(H,29,30,32). The minimum Gasteiger partial charge on any atom is -0.324 e. The molecule has 0 radical (unpaired) electrons. The van der Waals surface area contributed by atoms with Gasteiger partial charge in [-0.05, 0) is 37.1 Å². The third-order valence-corrected chi connectivity index (χ3v) is 5.19. The van der Waals surface area contributed by atoms with Gasteiger partial charge in [-0.25, -0.2) is 18.7 Å². The monoisotopic (exact) mass is 456 g/mol. The van der Waals surface area contributed by atoms with Crippen LogP contribution in [0.5, 0.6) is 0 Å². The summed E-state index contributed by atoms with van der Waals surface area (Å²) in [7, 11) is 0. The minimum atomic E-state index is -4.47. The van der Waals surface area contributed by atoms with E-state index < -0.39 is 23.4 Å². The average Bonchev–Trinajstić information content (AvgIpc) is 3.55. The van der Waals surface area contributed by atoms with Crippen molar-refractivity contribution in [1.82, 2.24) is 19.5 Å². The summed E-state index contributed by atoms with van der Waals surface area (Å²) >= 11 is 0. The van der Waals surface area contributed by atoms with Gasteiger partial charge in [-0.15, -0.1) is 0 Å². The molecule has 0 spiro atoms. The smallest absolute Gasteiger partial charge is 0.324 e. The average molecular weight is 456 g/mol. The van der Waals surface area contributed by atoms with Gasteiger partial charge in [0.05, 0.1) is 16.6 Å². The Hall–Kier alpha value is -4.07. The van der Waals surface area contributed by atoms with Crippen LogP contribution in [0.2, 0.25) is 0 Å². The predicted octanol–water partition coefficient (Wildman–Crippen LogP) is 5.61. The van der Waals surface area contributed by atoms with Crippen LogP contribution >= 0.6 is 0 Å². The van der Waals surface area contributed by atoms with Crippen LogP contribution in [0.3, 0.4) is 0 Å². The third kappa shape index (κ3) is 3.95. The Morgan fingerprint density at radius 2 is 1.67 bits per heavy atom. The van der Waals surface area contributed by atoms with Crippen molar-refractivity contribution in [3.8, 4) is 11.9 Å². The Morgan fingerprint density at radius 1 is 0.970 bits per heavy atom. The summed E-state index contributed by atoms with van der Waals surface area (Å²) in [5.41, 5.74) is -0.0478. The number of hydrogen-bond acceptors (Lipinski definition) is 5. The lowest BCUT2D eigenvalue weighted by Crippen LogP contribution is -2.08. The molecule has 2 aromatic carbocycles. The van der Waals surface area contributed by atoms with Gasteiger partial charge in [-0.2, -0.15) is 23.4 Å². The fraction of sp³-hybridized carbons (Fsp3) is 0.182. The molecule has 1 saturated carbocycles. The van der Waals surface area contributed by atoms with E-state index in [1.807, 2.05) is 6.07 Å². The SMILES string of the molecule is N#Cc1cc(-n2c(C3CC3)nc3cc(F)c(F)cc32)nc(Nc2ccc(C(F)(F)F)cc2)n1. The predicted molar refractivity (Wildman–Crippen MR) is 108 cm³/mol. The van der Waals surface area contributed by atoms with Crippen LogP contribution in [-0.2, 0) is 6.18 Å². The van der Waals surface area contributed by atoms with Crippen LogP contribution in [0.4, 0.5) is 33.6 Å². The maximum atomic E-state index is 14.0. The molecular weight excluding hydrogens is 443 g/mol. The largest absolute Gasteiger partial charge is 0.416 e. The van der Waals surface area contributed by atoms with Crippen molar-refractivity contribution in [2.75, 3.05) is 5.32 Å². The lowest BCUT2D eigenvalue weighted by molar-refractivity contribution is -0.137. The lowest BCUT2D eigenvalue weighted by Gasteiger charge is -2.12. The number of nitrogens with one attached hydrogen (secondary N) is 1. The van der Waals surface area contributed by atoms with Crippen molar-refractivity contribution in [2.45, 2.75) is 24.9 Å². The maximum absolute atomic E-state index is 14.0. The zero-order valence-electron chi connectivity index (χ0n) is 16.7. The normalized spacial score (nSPS) is 13.8. The number of nitriles is 1. The van der Waals surface area contributed by atoms with Crippen LogP contribution in [0.1, 0.15) is 35.8 Å². The second-order valence-electron chi connectivity index (χ2n) is 7.58. The number of imidazole rings is 1. The highest BCUT2D eigenvalue weighted by Gasteiger charge is 2.32. The van der Waals surface area contributed by atoms with E-state index in [2.05, 4.69) is 20.3 Å². The Bertz CT molecular complexity index is 1410. The number of hydrogen-bond donors (Lipinski definition) is 1. The molecule has 2 heterocycles. The summed E-state index contributed by atoms with van der Waals surface area (Å²) in [4.78, 5) is 12.9. The van der Waals surface area contributed by atoms with Crippen LogP contribution in [0.15, 0.2) is 42.5 Å². The number of anilines is 2. The van der Waals surface area contributed by atoms with Gasteiger partial charge in [-0.1, -0.05) is 0 Å². The van der Waals surface area contributed by atoms with Gasteiger partial charge in [0.25, 0.3) is 0 Å². The van der Waals surface area contributed by atoms with E-state index in [0.29, 0.717) is 5.82 Å². The van der Waals surface area contributed by atoms with E-state index in [0.717, 1.165) is 37.1 Å². The Kier molecular flexibility index (Phi) is 4.74. The molecule has 4 aromatic rings. The topological polar surface area (TPSA) is 79.4 Å². The molecule has 0 bridgehead atoms. The maximum Gasteiger partial charge on any atom is 0.416 e. The zero-order valence-corrected chi connectivity index (χ0v) is 16.7. The van der Waals surface area contributed by atoms with Crippen molar-refractivity contribution in [2.24, 2.45) is 0 Å². The molecule has 0 saturated heterocycles. The highest BCUT2D eigenvalue weighted by Crippen LogP contribution is 2.42. The van der Waals surface area contributed by atoms with Crippen LogP contribution in [0, 0.1) is 23.0 Å². The second-order valence-corrected chi connectivity index (χ2v) is 7.58. The molecule has 6 nitrogen and oxygen atoms in total. The van der Waals surface area contributed by atoms with Gasteiger partial charge < -0.3 is 5.32 Å². The lowest BCUT2D eigenvalue weighted by atomic mass is 10.2. The number of halogens is 5. The summed E-state index contributed by atoms with van der Waals surface area (Å²) < 4.78 is 67.7. The summed E-state index contributed by atoms with van der Waals surface area (Å²) in [6.07, 6.45) is -2.78.